The van der Waals surface area contributed by atoms with Crippen molar-refractivity contribution in [2.24, 2.45) is 0 Å². The largest absolute Gasteiger partial charge is 0.390 e. The number of halogens is 2. The molecule has 40 heavy (non-hydrogen) atoms. The summed E-state index contributed by atoms with van der Waals surface area (Å²) in [4.78, 5) is 13.2. The molecule has 3 N–H and O–H groups in total. The molecule has 3 aromatic rings. The molecule has 0 saturated heterocycles. The first-order chi connectivity index (χ1) is 19.0. The maximum atomic E-state index is 13.9. The van der Waals surface area contributed by atoms with Gasteiger partial charge in [-0.05, 0) is 72.7 Å². The van der Waals surface area contributed by atoms with Crippen LogP contribution in [0.25, 0.3) is 0 Å². The molecule has 1 aliphatic rings. The highest BCUT2D eigenvalue weighted by molar-refractivity contribution is 7.91. The summed E-state index contributed by atoms with van der Waals surface area (Å²) in [5, 5.41) is 17.4. The van der Waals surface area contributed by atoms with E-state index in [1.165, 1.54) is 35.9 Å². The van der Waals surface area contributed by atoms with Gasteiger partial charge in [0.15, 0.2) is 9.84 Å². The molecule has 212 valence electrons. The smallest absolute Gasteiger partial charge is 0.251 e. The Balaban J connectivity index is 1.54. The first kappa shape index (κ1) is 29.6. The van der Waals surface area contributed by atoms with Crippen molar-refractivity contribution < 1.29 is 27.1 Å². The quantitative estimate of drug-likeness (QED) is 0.265. The van der Waals surface area contributed by atoms with Crippen molar-refractivity contribution in [3.8, 4) is 0 Å². The standard InChI is InChI=1S/C31H34F2N2O4S/c1-3-13-40(38,39)27-10-6-8-23(18-27)30(37)35-28(17-22-15-25(32)19-26(33)16-22)29(36)20-34-31(11-12-31)24-9-5-7-21(4-2)14-24/h3,5-10,14-16,18-19,28-29,34,36H,1,4,11-13,17,20H2,2H3,(H,35,37)/t28-,29-/m0/s1. The number of nitrogens with one attached hydrogen (secondary N) is 2. The summed E-state index contributed by atoms with van der Waals surface area (Å²) < 4.78 is 52.8. The van der Waals surface area contributed by atoms with Crippen molar-refractivity contribution in [3.05, 3.63) is 113 Å². The second kappa shape index (κ2) is 12.4. The van der Waals surface area contributed by atoms with Crippen LogP contribution < -0.4 is 10.6 Å². The van der Waals surface area contributed by atoms with E-state index in [0.29, 0.717) is 0 Å². The summed E-state index contributed by atoms with van der Waals surface area (Å²) in [6, 6.07) is 16.0. The highest BCUT2D eigenvalue weighted by atomic mass is 32.2. The van der Waals surface area contributed by atoms with Gasteiger partial charge in [-0.3, -0.25) is 4.79 Å². The SMILES string of the molecule is C=CCS(=O)(=O)c1cccc(C(=O)N[C@@H](Cc2cc(F)cc(F)c2)[C@@H](O)CNC2(c3cccc(CC)c3)CC2)c1. The molecule has 1 amide bonds. The highest BCUT2D eigenvalue weighted by Gasteiger charge is 2.44. The number of aliphatic hydroxyl groups is 1. The summed E-state index contributed by atoms with van der Waals surface area (Å²) >= 11 is 0. The third-order valence-electron chi connectivity index (χ3n) is 7.24. The van der Waals surface area contributed by atoms with Crippen LogP contribution >= 0.6 is 0 Å². The number of aryl methyl sites for hydroxylation is 1. The van der Waals surface area contributed by atoms with Crippen molar-refractivity contribution >= 4 is 15.7 Å². The van der Waals surface area contributed by atoms with E-state index in [1.807, 2.05) is 12.1 Å². The van der Waals surface area contributed by atoms with E-state index < -0.39 is 39.5 Å². The molecule has 0 aromatic heterocycles. The molecular weight excluding hydrogens is 534 g/mol. The molecule has 1 saturated carbocycles. The van der Waals surface area contributed by atoms with Gasteiger partial charge in [0, 0.05) is 23.7 Å². The topological polar surface area (TPSA) is 95.5 Å². The van der Waals surface area contributed by atoms with Crippen LogP contribution in [0.5, 0.6) is 0 Å². The Hall–Kier alpha value is -3.40. The first-order valence-electron chi connectivity index (χ1n) is 13.3. The van der Waals surface area contributed by atoms with Crippen molar-refractivity contribution in [1.82, 2.24) is 10.6 Å². The summed E-state index contributed by atoms with van der Waals surface area (Å²) in [6.07, 6.45) is 2.80. The van der Waals surface area contributed by atoms with Gasteiger partial charge < -0.3 is 15.7 Å². The molecule has 1 fully saturated rings. The monoisotopic (exact) mass is 568 g/mol. The Morgan fingerprint density at radius 2 is 1.75 bits per heavy atom. The molecule has 0 heterocycles. The Labute approximate surface area is 234 Å². The zero-order chi connectivity index (χ0) is 28.9. The van der Waals surface area contributed by atoms with Crippen LogP contribution in [0.1, 0.15) is 46.8 Å². The normalized spacial score (nSPS) is 15.7. The van der Waals surface area contributed by atoms with E-state index in [4.69, 9.17) is 0 Å². The average molecular weight is 569 g/mol. The molecule has 0 spiro atoms. The Morgan fingerprint density at radius 3 is 2.40 bits per heavy atom. The maximum absolute atomic E-state index is 13.9. The van der Waals surface area contributed by atoms with Gasteiger partial charge in [0.2, 0.25) is 0 Å². The Bertz CT molecular complexity index is 1470. The second-order valence-corrected chi connectivity index (χ2v) is 12.3. The molecule has 0 aliphatic heterocycles. The summed E-state index contributed by atoms with van der Waals surface area (Å²) in [6.45, 7) is 5.67. The number of hydrogen-bond acceptors (Lipinski definition) is 5. The summed E-state index contributed by atoms with van der Waals surface area (Å²) in [5.41, 5.74) is 2.40. The second-order valence-electron chi connectivity index (χ2n) is 10.2. The minimum Gasteiger partial charge on any atom is -0.390 e. The number of hydrogen-bond donors (Lipinski definition) is 3. The van der Waals surface area contributed by atoms with Crippen LogP contribution in [-0.2, 0) is 28.2 Å². The maximum Gasteiger partial charge on any atom is 0.251 e. The lowest BCUT2D eigenvalue weighted by Crippen LogP contribution is -2.50. The molecule has 0 radical (unpaired) electrons. The fraction of sp³-hybridized carbons (Fsp3) is 0.323. The van der Waals surface area contributed by atoms with Gasteiger partial charge in [0.25, 0.3) is 5.91 Å². The molecule has 2 atom stereocenters. The van der Waals surface area contributed by atoms with Crippen molar-refractivity contribution in [2.45, 2.75) is 55.2 Å². The molecule has 6 nitrogen and oxygen atoms in total. The van der Waals surface area contributed by atoms with Crippen molar-refractivity contribution in [1.29, 1.82) is 0 Å². The van der Waals surface area contributed by atoms with E-state index in [-0.39, 0.29) is 40.3 Å². The third-order valence-corrected chi connectivity index (χ3v) is 8.89. The van der Waals surface area contributed by atoms with E-state index in [0.717, 1.165) is 43.0 Å². The third kappa shape index (κ3) is 7.21. The fourth-order valence-corrected chi connectivity index (χ4v) is 5.92. The first-order valence-corrected chi connectivity index (χ1v) is 14.9. The predicted molar refractivity (Wildman–Crippen MR) is 151 cm³/mol. The molecule has 4 rings (SSSR count). The number of carbonyl (C=O) groups is 1. The van der Waals surface area contributed by atoms with Crippen molar-refractivity contribution in [3.63, 3.8) is 0 Å². The van der Waals surface area contributed by atoms with E-state index in [2.05, 4.69) is 36.3 Å². The van der Waals surface area contributed by atoms with Crippen LogP contribution in [-0.4, -0.2) is 43.9 Å². The van der Waals surface area contributed by atoms with Gasteiger partial charge in [0.05, 0.1) is 22.8 Å². The van der Waals surface area contributed by atoms with Crippen LogP contribution in [0.3, 0.4) is 0 Å². The Kier molecular flexibility index (Phi) is 9.18. The molecule has 1 aliphatic carbocycles. The average Bonchev–Trinajstić information content (AvgIpc) is 3.72. The van der Waals surface area contributed by atoms with E-state index >= 15 is 0 Å². The number of rotatable bonds is 13. The molecular formula is C31H34F2N2O4S. The van der Waals surface area contributed by atoms with Crippen LogP contribution in [0, 0.1) is 11.6 Å². The number of aliphatic hydroxyl groups excluding tert-OH is 1. The fourth-order valence-electron chi connectivity index (χ4n) is 4.82. The molecule has 0 bridgehead atoms. The van der Waals surface area contributed by atoms with Gasteiger partial charge in [-0.15, -0.1) is 6.58 Å². The highest BCUT2D eigenvalue weighted by Crippen LogP contribution is 2.45. The van der Waals surface area contributed by atoms with Crippen LogP contribution in [0.2, 0.25) is 0 Å². The molecule has 3 aromatic carbocycles. The number of carbonyl (C=O) groups excluding carboxylic acids is 1. The minimum absolute atomic E-state index is 0.0315. The van der Waals surface area contributed by atoms with Gasteiger partial charge in [-0.1, -0.05) is 43.3 Å². The molecule has 0 unspecified atom stereocenters. The van der Waals surface area contributed by atoms with E-state index in [9.17, 15) is 27.1 Å². The summed E-state index contributed by atoms with van der Waals surface area (Å²) in [7, 11) is -3.66. The van der Waals surface area contributed by atoms with Crippen LogP contribution in [0.15, 0.2) is 84.3 Å². The summed E-state index contributed by atoms with van der Waals surface area (Å²) in [5.74, 6) is -2.42. The lowest BCUT2D eigenvalue weighted by molar-refractivity contribution is 0.0821. The Morgan fingerprint density at radius 1 is 1.05 bits per heavy atom. The van der Waals surface area contributed by atoms with E-state index in [1.54, 1.807) is 0 Å². The van der Waals surface area contributed by atoms with Crippen LogP contribution in [0.4, 0.5) is 8.78 Å². The zero-order valence-electron chi connectivity index (χ0n) is 22.4. The lowest BCUT2D eigenvalue weighted by atomic mass is 9.98. The van der Waals surface area contributed by atoms with Crippen molar-refractivity contribution in [2.75, 3.05) is 12.3 Å². The minimum atomic E-state index is -3.66. The number of sulfone groups is 1. The van der Waals surface area contributed by atoms with Gasteiger partial charge >= 0.3 is 0 Å². The number of amides is 1. The van der Waals surface area contributed by atoms with Gasteiger partial charge in [-0.25, -0.2) is 17.2 Å². The molecule has 9 heteroatoms. The zero-order valence-corrected chi connectivity index (χ0v) is 23.2. The lowest BCUT2D eigenvalue weighted by Gasteiger charge is -2.27. The van der Waals surface area contributed by atoms with Gasteiger partial charge in [-0.2, -0.15) is 0 Å². The van der Waals surface area contributed by atoms with Gasteiger partial charge in [0.1, 0.15) is 11.6 Å². The predicted octanol–water partition coefficient (Wildman–Crippen LogP) is 4.47. The number of benzene rings is 3.